The molecule has 2 bridgehead atoms. The van der Waals surface area contributed by atoms with Crippen LogP contribution in [0.4, 0.5) is 5.69 Å². The number of nitrogens with zero attached hydrogens (tertiary/aromatic N) is 3. The number of nitro benzene ring substituents is 1. The first-order valence-corrected chi connectivity index (χ1v) is 9.22. The van der Waals surface area contributed by atoms with Crippen LogP contribution in [-0.2, 0) is 4.79 Å². The van der Waals surface area contributed by atoms with Crippen LogP contribution in [-0.4, -0.2) is 52.3 Å². The quantitative estimate of drug-likeness (QED) is 0.612. The van der Waals surface area contributed by atoms with Crippen LogP contribution in [0.1, 0.15) is 39.2 Å². The highest BCUT2D eigenvalue weighted by Crippen LogP contribution is 2.34. The minimum Gasteiger partial charge on any atom is -0.334 e. The van der Waals surface area contributed by atoms with Gasteiger partial charge in [-0.3, -0.25) is 19.8 Å². The number of rotatable bonds is 4. The summed E-state index contributed by atoms with van der Waals surface area (Å²) < 4.78 is 0. The molecule has 1 aromatic carbocycles. The molecular formula is C20H27N3O3. The molecule has 1 amide bonds. The van der Waals surface area contributed by atoms with Crippen LogP contribution < -0.4 is 0 Å². The Morgan fingerprint density at radius 3 is 2.27 bits per heavy atom. The van der Waals surface area contributed by atoms with Gasteiger partial charge in [-0.2, -0.15) is 0 Å². The standard InChI is InChI=1S/C20H27N3O3/c1-20(2,3)19(24)22-17-10-11-18(22)14-21(13-17)12-4-5-15-6-8-16(9-7-15)23(25)26/h4-9,17-18H,10-14H2,1-3H3/b5-4+. The molecule has 6 heteroatoms. The van der Waals surface area contributed by atoms with Gasteiger partial charge < -0.3 is 4.90 Å². The van der Waals surface area contributed by atoms with Crippen LogP contribution >= 0.6 is 0 Å². The summed E-state index contributed by atoms with van der Waals surface area (Å²) in [6, 6.07) is 7.23. The van der Waals surface area contributed by atoms with E-state index in [2.05, 4.69) is 15.9 Å². The predicted molar refractivity (Wildman–Crippen MR) is 102 cm³/mol. The highest BCUT2D eigenvalue weighted by atomic mass is 16.6. The Bertz CT molecular complexity index is 692. The molecule has 1 aromatic rings. The Hall–Kier alpha value is -2.21. The van der Waals surface area contributed by atoms with Crippen molar-refractivity contribution in [3.05, 3.63) is 46.0 Å². The Balaban J connectivity index is 1.57. The van der Waals surface area contributed by atoms with E-state index < -0.39 is 0 Å². The van der Waals surface area contributed by atoms with E-state index in [0.29, 0.717) is 12.1 Å². The molecule has 0 spiro atoms. The molecule has 2 unspecified atom stereocenters. The molecule has 140 valence electrons. The van der Waals surface area contributed by atoms with E-state index in [0.717, 1.165) is 38.0 Å². The van der Waals surface area contributed by atoms with Gasteiger partial charge >= 0.3 is 0 Å². The fourth-order valence-corrected chi connectivity index (χ4v) is 3.90. The van der Waals surface area contributed by atoms with Gasteiger partial charge in [0.2, 0.25) is 5.91 Å². The summed E-state index contributed by atoms with van der Waals surface area (Å²) >= 11 is 0. The number of nitro groups is 1. The molecular weight excluding hydrogens is 330 g/mol. The second-order valence-corrected chi connectivity index (χ2v) is 8.32. The Morgan fingerprint density at radius 1 is 1.19 bits per heavy atom. The maximum absolute atomic E-state index is 12.7. The number of non-ortho nitro benzene ring substituents is 1. The Morgan fingerprint density at radius 2 is 1.77 bits per heavy atom. The molecule has 2 aliphatic heterocycles. The maximum atomic E-state index is 12.7. The van der Waals surface area contributed by atoms with Gasteiger partial charge in [0.25, 0.3) is 5.69 Å². The number of benzene rings is 1. The minimum absolute atomic E-state index is 0.110. The number of amides is 1. The SMILES string of the molecule is CC(C)(C)C(=O)N1C2CCC1CN(C/C=C/c1ccc([N+](=O)[O-])cc1)C2. The number of hydrogen-bond donors (Lipinski definition) is 0. The number of carbonyl (C=O) groups excluding carboxylic acids is 1. The molecule has 2 fully saturated rings. The van der Waals surface area contributed by atoms with Crippen molar-refractivity contribution in [1.29, 1.82) is 0 Å². The van der Waals surface area contributed by atoms with Gasteiger partial charge in [-0.25, -0.2) is 0 Å². The lowest BCUT2D eigenvalue weighted by Gasteiger charge is -2.43. The van der Waals surface area contributed by atoms with Gasteiger partial charge in [0, 0.05) is 49.3 Å². The third-order valence-electron chi connectivity index (χ3n) is 5.21. The summed E-state index contributed by atoms with van der Waals surface area (Å²) in [5.74, 6) is 0.270. The van der Waals surface area contributed by atoms with E-state index in [9.17, 15) is 14.9 Å². The first-order valence-electron chi connectivity index (χ1n) is 9.22. The minimum atomic E-state index is -0.387. The third kappa shape index (κ3) is 3.96. The van der Waals surface area contributed by atoms with Crippen LogP contribution in [0.5, 0.6) is 0 Å². The van der Waals surface area contributed by atoms with Gasteiger partial charge in [-0.05, 0) is 30.5 Å². The van der Waals surface area contributed by atoms with E-state index in [4.69, 9.17) is 0 Å². The zero-order chi connectivity index (χ0) is 18.9. The molecule has 2 heterocycles. The van der Waals surface area contributed by atoms with E-state index in [1.807, 2.05) is 26.8 Å². The van der Waals surface area contributed by atoms with E-state index >= 15 is 0 Å². The Kier molecular flexibility index (Phi) is 5.14. The molecule has 2 aliphatic rings. The molecule has 0 radical (unpaired) electrons. The smallest absolute Gasteiger partial charge is 0.269 e. The third-order valence-corrected chi connectivity index (χ3v) is 5.21. The lowest BCUT2D eigenvalue weighted by Crippen LogP contribution is -2.58. The summed E-state index contributed by atoms with van der Waals surface area (Å²) in [6.45, 7) is 8.66. The van der Waals surface area contributed by atoms with Crippen molar-refractivity contribution < 1.29 is 9.72 Å². The topological polar surface area (TPSA) is 66.7 Å². The van der Waals surface area contributed by atoms with Crippen molar-refractivity contribution >= 4 is 17.7 Å². The summed E-state index contributed by atoms with van der Waals surface area (Å²) in [4.78, 5) is 27.5. The van der Waals surface area contributed by atoms with Gasteiger partial charge in [0.15, 0.2) is 0 Å². The van der Waals surface area contributed by atoms with Crippen molar-refractivity contribution in [2.45, 2.75) is 45.7 Å². The van der Waals surface area contributed by atoms with E-state index in [1.165, 1.54) is 12.1 Å². The number of likely N-dealkylation sites (tertiary alicyclic amines) is 1. The maximum Gasteiger partial charge on any atom is 0.269 e. The van der Waals surface area contributed by atoms with Crippen molar-refractivity contribution in [2.24, 2.45) is 5.41 Å². The monoisotopic (exact) mass is 357 g/mol. The zero-order valence-corrected chi connectivity index (χ0v) is 15.7. The van der Waals surface area contributed by atoms with Crippen molar-refractivity contribution in [2.75, 3.05) is 19.6 Å². The van der Waals surface area contributed by atoms with Gasteiger partial charge in [0.05, 0.1) is 4.92 Å². The summed E-state index contributed by atoms with van der Waals surface area (Å²) in [5, 5.41) is 10.7. The molecule has 0 saturated carbocycles. The first-order chi connectivity index (χ1) is 12.3. The molecule has 6 nitrogen and oxygen atoms in total. The number of hydrogen-bond acceptors (Lipinski definition) is 4. The van der Waals surface area contributed by atoms with Crippen LogP contribution in [0.15, 0.2) is 30.3 Å². The summed E-state index contributed by atoms with van der Waals surface area (Å²) in [5.41, 5.74) is 0.747. The summed E-state index contributed by atoms with van der Waals surface area (Å²) in [6.07, 6.45) is 6.28. The lowest BCUT2D eigenvalue weighted by atomic mass is 9.93. The molecule has 0 aliphatic carbocycles. The van der Waals surface area contributed by atoms with E-state index in [-0.39, 0.29) is 21.9 Å². The second kappa shape index (κ2) is 7.19. The number of carbonyl (C=O) groups is 1. The second-order valence-electron chi connectivity index (χ2n) is 8.32. The Labute approximate surface area is 154 Å². The molecule has 26 heavy (non-hydrogen) atoms. The summed E-state index contributed by atoms with van der Waals surface area (Å²) in [7, 11) is 0. The molecule has 0 N–H and O–H groups in total. The highest BCUT2D eigenvalue weighted by Gasteiger charge is 2.44. The van der Waals surface area contributed by atoms with Gasteiger partial charge in [-0.1, -0.05) is 32.9 Å². The average Bonchev–Trinajstić information content (AvgIpc) is 2.84. The van der Waals surface area contributed by atoms with Crippen molar-refractivity contribution in [1.82, 2.24) is 9.80 Å². The predicted octanol–water partition coefficient (Wildman–Crippen LogP) is 3.33. The molecule has 3 rings (SSSR count). The molecule has 2 atom stereocenters. The van der Waals surface area contributed by atoms with Crippen LogP contribution in [0.3, 0.4) is 0 Å². The lowest BCUT2D eigenvalue weighted by molar-refractivity contribution is -0.384. The molecule has 2 saturated heterocycles. The highest BCUT2D eigenvalue weighted by molar-refractivity contribution is 5.82. The largest absolute Gasteiger partial charge is 0.334 e. The normalized spacial score (nSPS) is 23.6. The van der Waals surface area contributed by atoms with Crippen LogP contribution in [0.2, 0.25) is 0 Å². The first kappa shape index (κ1) is 18.6. The fraction of sp³-hybridized carbons (Fsp3) is 0.550. The average molecular weight is 357 g/mol. The van der Waals surface area contributed by atoms with Crippen LogP contribution in [0, 0.1) is 15.5 Å². The fourth-order valence-electron chi connectivity index (χ4n) is 3.90. The van der Waals surface area contributed by atoms with Gasteiger partial charge in [0.1, 0.15) is 0 Å². The van der Waals surface area contributed by atoms with E-state index in [1.54, 1.807) is 12.1 Å². The van der Waals surface area contributed by atoms with Crippen molar-refractivity contribution in [3.63, 3.8) is 0 Å². The number of fused-ring (bicyclic) bond motifs is 2. The van der Waals surface area contributed by atoms with Gasteiger partial charge in [-0.15, -0.1) is 0 Å². The zero-order valence-electron chi connectivity index (χ0n) is 15.7. The number of piperazine rings is 1. The van der Waals surface area contributed by atoms with Crippen molar-refractivity contribution in [3.8, 4) is 0 Å². The van der Waals surface area contributed by atoms with Crippen LogP contribution in [0.25, 0.3) is 6.08 Å². The molecule has 0 aromatic heterocycles.